The minimum atomic E-state index is -0.411. The molecule has 0 bridgehead atoms. The van der Waals surface area contributed by atoms with E-state index in [0.717, 1.165) is 24.1 Å². The molecule has 0 aliphatic carbocycles. The first kappa shape index (κ1) is 20.0. The Hall–Kier alpha value is -2.31. The number of nitrogens with zero attached hydrogens (tertiary/aromatic N) is 2. The molecule has 1 atom stereocenters. The number of fused-ring (bicyclic) bond motifs is 4. The van der Waals surface area contributed by atoms with E-state index in [-0.39, 0.29) is 11.5 Å². The first-order valence-electron chi connectivity index (χ1n) is 9.75. The normalized spacial score (nSPS) is 16.0. The van der Waals surface area contributed by atoms with Crippen LogP contribution in [0.1, 0.15) is 38.8 Å². The summed E-state index contributed by atoms with van der Waals surface area (Å²) in [6.07, 6.45) is 3.48. The Bertz CT molecular complexity index is 1060. The minimum absolute atomic E-state index is 0.0237. The van der Waals surface area contributed by atoms with Crippen LogP contribution in [0.4, 0.5) is 0 Å². The predicted octanol–water partition coefficient (Wildman–Crippen LogP) is 4.82. The minimum Gasteiger partial charge on any atom is -0.492 e. The molecular weight excluding hydrogens is 392 g/mol. The van der Waals surface area contributed by atoms with Crippen LogP contribution in [-0.4, -0.2) is 30.0 Å². The molecule has 1 unspecified atom stereocenters. The lowest BCUT2D eigenvalue weighted by atomic mass is 9.78. The summed E-state index contributed by atoms with van der Waals surface area (Å²) in [5.41, 5.74) is 3.78. The quantitative estimate of drug-likeness (QED) is 0.558. The van der Waals surface area contributed by atoms with E-state index in [1.54, 1.807) is 7.11 Å². The van der Waals surface area contributed by atoms with Gasteiger partial charge in [-0.05, 0) is 35.6 Å². The zero-order valence-corrected chi connectivity index (χ0v) is 17.9. The van der Waals surface area contributed by atoms with Gasteiger partial charge in [0.1, 0.15) is 17.0 Å². The first-order chi connectivity index (χ1) is 13.8. The van der Waals surface area contributed by atoms with E-state index in [1.807, 2.05) is 24.4 Å². The van der Waals surface area contributed by atoms with E-state index in [2.05, 4.69) is 30.5 Å². The third-order valence-electron chi connectivity index (χ3n) is 5.48. The van der Waals surface area contributed by atoms with E-state index in [4.69, 9.17) is 25.6 Å². The van der Waals surface area contributed by atoms with Crippen LogP contribution in [-0.2, 0) is 11.2 Å². The molecule has 0 spiro atoms. The molecule has 3 heterocycles. The summed E-state index contributed by atoms with van der Waals surface area (Å²) in [4.78, 5) is 12.0. The van der Waals surface area contributed by atoms with Crippen molar-refractivity contribution in [1.82, 2.24) is 9.72 Å². The molecule has 0 saturated carbocycles. The molecule has 6 nitrogen and oxygen atoms in total. The smallest absolute Gasteiger partial charge is 0.369 e. The van der Waals surface area contributed by atoms with Crippen LogP contribution in [0.5, 0.6) is 5.75 Å². The van der Waals surface area contributed by atoms with Gasteiger partial charge < -0.3 is 18.6 Å². The topological polar surface area (TPSA) is 66.5 Å². The van der Waals surface area contributed by atoms with Gasteiger partial charge in [-0.15, -0.1) is 0 Å². The number of hydrogen-bond acceptors (Lipinski definition) is 5. The largest absolute Gasteiger partial charge is 0.492 e. The maximum atomic E-state index is 12.0. The van der Waals surface area contributed by atoms with Crippen molar-refractivity contribution >= 4 is 11.6 Å². The summed E-state index contributed by atoms with van der Waals surface area (Å²) in [6.45, 7) is 7.80. The average Bonchev–Trinajstić information content (AvgIpc) is 3.03. The Morgan fingerprint density at radius 1 is 1.24 bits per heavy atom. The molecule has 3 aliphatic heterocycles. The van der Waals surface area contributed by atoms with Gasteiger partial charge in [-0.2, -0.15) is 0 Å². The SMILES string of the molecule is COCCCOc1cc2c(cc1Cl)-c1cc3noc(=O)c-3cn1C(C(C)(C)C)C2. The van der Waals surface area contributed by atoms with Crippen molar-refractivity contribution in [2.75, 3.05) is 20.3 Å². The number of methoxy groups -OCH3 is 1. The molecule has 7 heteroatoms. The summed E-state index contributed by atoms with van der Waals surface area (Å²) in [7, 11) is 1.68. The highest BCUT2D eigenvalue weighted by Crippen LogP contribution is 2.46. The number of aromatic nitrogens is 2. The van der Waals surface area contributed by atoms with E-state index in [0.29, 0.717) is 35.2 Å². The van der Waals surface area contributed by atoms with Crippen molar-refractivity contribution in [2.45, 2.75) is 39.7 Å². The Morgan fingerprint density at radius 2 is 2.03 bits per heavy atom. The number of halogens is 1. The summed E-state index contributed by atoms with van der Waals surface area (Å²) >= 11 is 6.54. The van der Waals surface area contributed by atoms with E-state index < -0.39 is 5.63 Å². The van der Waals surface area contributed by atoms with Gasteiger partial charge in [0, 0.05) is 37.9 Å². The fourth-order valence-electron chi connectivity index (χ4n) is 3.93. The molecule has 0 amide bonds. The fourth-order valence-corrected chi connectivity index (χ4v) is 4.15. The number of benzene rings is 1. The lowest BCUT2D eigenvalue weighted by Crippen LogP contribution is -2.31. The number of rotatable bonds is 5. The third-order valence-corrected chi connectivity index (χ3v) is 5.77. The molecule has 154 valence electrons. The van der Waals surface area contributed by atoms with Crippen molar-refractivity contribution < 1.29 is 14.0 Å². The summed E-state index contributed by atoms with van der Waals surface area (Å²) in [5, 5.41) is 4.48. The standard InChI is InChI=1S/C22H25ClN2O4/c1-22(2,3)20-9-13-8-19(28-7-5-6-27-4)16(23)10-14(13)18-11-17-15(12-25(18)20)21(26)29-24-17/h8,10-12,20H,5-7,9H2,1-4H3. The highest BCUT2D eigenvalue weighted by atomic mass is 35.5. The molecule has 0 saturated heterocycles. The van der Waals surface area contributed by atoms with Crippen LogP contribution in [0.3, 0.4) is 0 Å². The number of ether oxygens (including phenoxy) is 2. The van der Waals surface area contributed by atoms with Gasteiger partial charge in [-0.25, -0.2) is 4.79 Å². The molecule has 29 heavy (non-hydrogen) atoms. The van der Waals surface area contributed by atoms with Gasteiger partial charge >= 0.3 is 5.63 Å². The van der Waals surface area contributed by atoms with Crippen molar-refractivity contribution in [2.24, 2.45) is 5.41 Å². The molecule has 0 aromatic heterocycles. The van der Waals surface area contributed by atoms with Gasteiger partial charge in [-0.3, -0.25) is 0 Å². The van der Waals surface area contributed by atoms with E-state index in [1.165, 1.54) is 5.56 Å². The Kier molecular flexibility index (Phi) is 5.17. The molecular formula is C22H25ClN2O4. The third kappa shape index (κ3) is 3.67. The summed E-state index contributed by atoms with van der Waals surface area (Å²) in [5.74, 6) is 0.687. The zero-order chi connectivity index (χ0) is 20.8. The van der Waals surface area contributed by atoms with Gasteiger partial charge in [0.15, 0.2) is 0 Å². The van der Waals surface area contributed by atoms with Gasteiger partial charge in [-0.1, -0.05) is 37.5 Å². The van der Waals surface area contributed by atoms with Gasteiger partial charge in [0.25, 0.3) is 0 Å². The van der Waals surface area contributed by atoms with E-state index in [9.17, 15) is 4.79 Å². The van der Waals surface area contributed by atoms with Crippen molar-refractivity contribution in [3.8, 4) is 28.3 Å². The van der Waals surface area contributed by atoms with Crippen LogP contribution < -0.4 is 10.4 Å². The van der Waals surface area contributed by atoms with Gasteiger partial charge in [0.2, 0.25) is 0 Å². The monoisotopic (exact) mass is 416 g/mol. The van der Waals surface area contributed by atoms with Crippen LogP contribution in [0.25, 0.3) is 22.5 Å². The van der Waals surface area contributed by atoms with Gasteiger partial charge in [0.05, 0.1) is 17.3 Å². The molecule has 0 N–H and O–H groups in total. The van der Waals surface area contributed by atoms with Crippen molar-refractivity contribution in [3.05, 3.63) is 45.4 Å². The lowest BCUT2D eigenvalue weighted by Gasteiger charge is -2.39. The fraction of sp³-hybridized carbons (Fsp3) is 0.455. The second kappa shape index (κ2) is 7.50. The van der Waals surface area contributed by atoms with E-state index >= 15 is 0 Å². The molecule has 4 rings (SSSR count). The second-order valence-electron chi connectivity index (χ2n) is 8.56. The van der Waals surface area contributed by atoms with Crippen molar-refractivity contribution in [1.29, 1.82) is 0 Å². The predicted molar refractivity (Wildman–Crippen MR) is 112 cm³/mol. The van der Waals surface area contributed by atoms with Crippen LogP contribution >= 0.6 is 11.6 Å². The number of pyridine rings is 1. The molecule has 1 aromatic rings. The van der Waals surface area contributed by atoms with Crippen LogP contribution in [0, 0.1) is 5.41 Å². The molecule has 0 radical (unpaired) electrons. The lowest BCUT2D eigenvalue weighted by molar-refractivity contribution is 0.172. The average molecular weight is 417 g/mol. The second-order valence-corrected chi connectivity index (χ2v) is 8.96. The summed E-state index contributed by atoms with van der Waals surface area (Å²) in [6, 6.07) is 6.05. The van der Waals surface area contributed by atoms with Crippen LogP contribution in [0.15, 0.2) is 33.7 Å². The summed E-state index contributed by atoms with van der Waals surface area (Å²) < 4.78 is 18.0. The van der Waals surface area contributed by atoms with Crippen LogP contribution in [0.2, 0.25) is 5.02 Å². The van der Waals surface area contributed by atoms with Crippen molar-refractivity contribution in [3.63, 3.8) is 0 Å². The Labute approximate surface area is 174 Å². The number of hydrogen-bond donors (Lipinski definition) is 0. The Morgan fingerprint density at radius 3 is 2.76 bits per heavy atom. The Balaban J connectivity index is 1.82. The molecule has 1 aromatic carbocycles. The highest BCUT2D eigenvalue weighted by molar-refractivity contribution is 6.32. The zero-order valence-electron chi connectivity index (χ0n) is 17.1. The maximum absolute atomic E-state index is 12.0. The highest BCUT2D eigenvalue weighted by Gasteiger charge is 2.34. The molecule has 3 aliphatic rings. The first-order valence-corrected chi connectivity index (χ1v) is 10.1. The molecule has 0 fully saturated rings. The maximum Gasteiger partial charge on any atom is 0.369 e.